The molecule has 2 saturated heterocycles. The molecule has 5 nitrogen and oxygen atoms in total. The summed E-state index contributed by atoms with van der Waals surface area (Å²) < 4.78 is 0. The van der Waals surface area contributed by atoms with Crippen molar-refractivity contribution in [2.75, 3.05) is 31.1 Å². The summed E-state index contributed by atoms with van der Waals surface area (Å²) in [6.45, 7) is 5.65. The first-order valence-electron chi connectivity index (χ1n) is 9.15. The molecule has 0 radical (unpaired) electrons. The third kappa shape index (κ3) is 2.91. The standard InChI is InChI=1S/C18H26N4OS/c1-2-16-19-17(15-7-10-24-18(15)20-16)22-9-4-5-13(22)11-21-8-3-6-14(21)12-23/h7,10,13-14,23H,2-6,8-9,11-12H2,1H3. The van der Waals surface area contributed by atoms with Crippen LogP contribution in [0.2, 0.25) is 0 Å². The van der Waals surface area contributed by atoms with E-state index in [2.05, 4.69) is 33.2 Å². The van der Waals surface area contributed by atoms with E-state index in [9.17, 15) is 5.11 Å². The summed E-state index contributed by atoms with van der Waals surface area (Å²) in [5, 5.41) is 12.9. The Labute approximate surface area is 147 Å². The highest BCUT2D eigenvalue weighted by Crippen LogP contribution is 2.33. The van der Waals surface area contributed by atoms with Crippen LogP contribution in [0.3, 0.4) is 0 Å². The number of nitrogens with zero attached hydrogens (tertiary/aromatic N) is 4. The van der Waals surface area contributed by atoms with Gasteiger partial charge in [0.05, 0.1) is 12.0 Å². The van der Waals surface area contributed by atoms with Crippen molar-refractivity contribution in [3.8, 4) is 0 Å². The first-order valence-corrected chi connectivity index (χ1v) is 10.0. The summed E-state index contributed by atoms with van der Waals surface area (Å²) >= 11 is 1.71. The highest BCUT2D eigenvalue weighted by Gasteiger charge is 2.32. The molecule has 2 aliphatic rings. The van der Waals surface area contributed by atoms with Crippen molar-refractivity contribution in [1.82, 2.24) is 14.9 Å². The minimum atomic E-state index is 0.287. The quantitative estimate of drug-likeness (QED) is 0.902. The van der Waals surface area contributed by atoms with Gasteiger partial charge < -0.3 is 10.0 Å². The number of aromatic nitrogens is 2. The molecule has 0 aromatic carbocycles. The number of aliphatic hydroxyl groups excluding tert-OH is 1. The highest BCUT2D eigenvalue weighted by molar-refractivity contribution is 7.16. The van der Waals surface area contributed by atoms with Crippen molar-refractivity contribution < 1.29 is 5.11 Å². The SMILES string of the molecule is CCc1nc(N2CCCC2CN2CCCC2CO)c2ccsc2n1. The maximum atomic E-state index is 9.60. The van der Waals surface area contributed by atoms with Crippen molar-refractivity contribution in [2.24, 2.45) is 0 Å². The largest absolute Gasteiger partial charge is 0.395 e. The molecule has 130 valence electrons. The van der Waals surface area contributed by atoms with E-state index in [-0.39, 0.29) is 6.61 Å². The van der Waals surface area contributed by atoms with Gasteiger partial charge in [-0.3, -0.25) is 4.90 Å². The zero-order valence-electron chi connectivity index (χ0n) is 14.3. The van der Waals surface area contributed by atoms with E-state index in [1.807, 2.05) is 0 Å². The number of hydrogen-bond acceptors (Lipinski definition) is 6. The van der Waals surface area contributed by atoms with Gasteiger partial charge in [-0.05, 0) is 43.7 Å². The number of fused-ring (bicyclic) bond motifs is 1. The molecule has 2 aliphatic heterocycles. The van der Waals surface area contributed by atoms with E-state index in [0.29, 0.717) is 12.1 Å². The van der Waals surface area contributed by atoms with E-state index in [1.165, 1.54) is 24.6 Å². The lowest BCUT2D eigenvalue weighted by Gasteiger charge is -2.32. The summed E-state index contributed by atoms with van der Waals surface area (Å²) in [6, 6.07) is 3.02. The molecule has 0 aliphatic carbocycles. The second kappa shape index (κ2) is 6.94. The van der Waals surface area contributed by atoms with Crippen LogP contribution in [0.5, 0.6) is 0 Å². The second-order valence-electron chi connectivity index (χ2n) is 6.92. The van der Waals surface area contributed by atoms with E-state index in [0.717, 1.165) is 48.9 Å². The molecule has 2 atom stereocenters. The predicted octanol–water partition coefficient (Wildman–Crippen LogP) is 2.68. The lowest BCUT2D eigenvalue weighted by atomic mass is 10.1. The Morgan fingerprint density at radius 2 is 2.04 bits per heavy atom. The number of likely N-dealkylation sites (tertiary alicyclic amines) is 1. The molecule has 4 rings (SSSR count). The fourth-order valence-corrected chi connectivity index (χ4v) is 4.95. The van der Waals surface area contributed by atoms with Crippen LogP contribution in [-0.2, 0) is 6.42 Å². The number of thiophene rings is 1. The minimum Gasteiger partial charge on any atom is -0.395 e. The summed E-state index contributed by atoms with van der Waals surface area (Å²) in [7, 11) is 0. The molecule has 1 N–H and O–H groups in total. The molecular formula is C18H26N4OS. The van der Waals surface area contributed by atoms with Gasteiger partial charge in [-0.25, -0.2) is 9.97 Å². The topological polar surface area (TPSA) is 52.5 Å². The van der Waals surface area contributed by atoms with Gasteiger partial charge in [0.2, 0.25) is 0 Å². The lowest BCUT2D eigenvalue weighted by molar-refractivity contribution is 0.153. The Morgan fingerprint density at radius 3 is 2.88 bits per heavy atom. The van der Waals surface area contributed by atoms with Crippen molar-refractivity contribution in [1.29, 1.82) is 0 Å². The predicted molar refractivity (Wildman–Crippen MR) is 98.8 cm³/mol. The zero-order chi connectivity index (χ0) is 16.5. The van der Waals surface area contributed by atoms with Crippen molar-refractivity contribution in [3.05, 3.63) is 17.3 Å². The Morgan fingerprint density at radius 1 is 1.21 bits per heavy atom. The smallest absolute Gasteiger partial charge is 0.141 e. The summed E-state index contributed by atoms with van der Waals surface area (Å²) in [6.07, 6.45) is 5.65. The molecule has 2 aromatic heterocycles. The molecule has 0 amide bonds. The van der Waals surface area contributed by atoms with Crippen LogP contribution in [0, 0.1) is 0 Å². The maximum Gasteiger partial charge on any atom is 0.141 e. The number of rotatable bonds is 5. The normalized spacial score (nSPS) is 25.2. The molecule has 0 bridgehead atoms. The molecule has 4 heterocycles. The minimum absolute atomic E-state index is 0.287. The molecule has 0 saturated carbocycles. The lowest BCUT2D eigenvalue weighted by Crippen LogP contribution is -2.43. The molecule has 2 unspecified atom stereocenters. The van der Waals surface area contributed by atoms with Gasteiger partial charge in [0.1, 0.15) is 16.5 Å². The third-order valence-corrected chi connectivity index (χ3v) is 6.28. The number of hydrogen-bond donors (Lipinski definition) is 1. The van der Waals surface area contributed by atoms with Crippen LogP contribution in [0.4, 0.5) is 5.82 Å². The van der Waals surface area contributed by atoms with E-state index in [1.54, 1.807) is 11.3 Å². The van der Waals surface area contributed by atoms with Gasteiger partial charge in [-0.15, -0.1) is 11.3 Å². The molecular weight excluding hydrogens is 320 g/mol. The van der Waals surface area contributed by atoms with Crippen LogP contribution in [-0.4, -0.2) is 58.3 Å². The monoisotopic (exact) mass is 346 g/mol. The Hall–Kier alpha value is -1.24. The van der Waals surface area contributed by atoms with Crippen LogP contribution in [0.1, 0.15) is 38.4 Å². The first kappa shape index (κ1) is 16.2. The van der Waals surface area contributed by atoms with Gasteiger partial charge in [0.15, 0.2) is 0 Å². The van der Waals surface area contributed by atoms with Gasteiger partial charge in [-0.2, -0.15) is 0 Å². The fraction of sp³-hybridized carbons (Fsp3) is 0.667. The van der Waals surface area contributed by atoms with Crippen molar-refractivity contribution in [3.63, 3.8) is 0 Å². The Balaban J connectivity index is 1.62. The zero-order valence-corrected chi connectivity index (χ0v) is 15.1. The van der Waals surface area contributed by atoms with E-state index in [4.69, 9.17) is 4.98 Å². The van der Waals surface area contributed by atoms with Gasteiger partial charge in [0, 0.05) is 31.6 Å². The average molecular weight is 346 g/mol. The molecule has 24 heavy (non-hydrogen) atoms. The van der Waals surface area contributed by atoms with Gasteiger partial charge in [0.25, 0.3) is 0 Å². The number of anilines is 1. The summed E-state index contributed by atoms with van der Waals surface area (Å²) in [5.74, 6) is 2.07. The van der Waals surface area contributed by atoms with E-state index < -0.39 is 0 Å². The van der Waals surface area contributed by atoms with Gasteiger partial charge >= 0.3 is 0 Å². The van der Waals surface area contributed by atoms with Crippen molar-refractivity contribution in [2.45, 2.75) is 51.1 Å². The number of aliphatic hydroxyl groups is 1. The Kier molecular flexibility index (Phi) is 4.70. The average Bonchev–Trinajstić information content (AvgIpc) is 3.34. The molecule has 0 spiro atoms. The molecule has 6 heteroatoms. The van der Waals surface area contributed by atoms with Crippen LogP contribution < -0.4 is 4.90 Å². The van der Waals surface area contributed by atoms with Crippen LogP contribution in [0.15, 0.2) is 11.4 Å². The first-order chi connectivity index (χ1) is 11.8. The molecule has 2 fully saturated rings. The summed E-state index contributed by atoms with van der Waals surface area (Å²) in [4.78, 5) is 15.7. The van der Waals surface area contributed by atoms with Crippen molar-refractivity contribution >= 4 is 27.4 Å². The summed E-state index contributed by atoms with van der Waals surface area (Å²) in [5.41, 5.74) is 0. The third-order valence-electron chi connectivity index (χ3n) is 5.47. The van der Waals surface area contributed by atoms with Crippen LogP contribution >= 0.6 is 11.3 Å². The van der Waals surface area contributed by atoms with E-state index >= 15 is 0 Å². The maximum absolute atomic E-state index is 9.60. The second-order valence-corrected chi connectivity index (χ2v) is 7.81. The van der Waals surface area contributed by atoms with Crippen LogP contribution in [0.25, 0.3) is 10.2 Å². The fourth-order valence-electron chi connectivity index (χ4n) is 4.18. The highest BCUT2D eigenvalue weighted by atomic mass is 32.1. The Bertz CT molecular complexity index is 703. The molecule has 2 aromatic rings. The number of aryl methyl sites for hydroxylation is 1. The van der Waals surface area contributed by atoms with Gasteiger partial charge in [-0.1, -0.05) is 6.92 Å².